The molecule has 1 heterocycles. The Bertz CT molecular complexity index is 906. The molecule has 1 amide bonds. The third kappa shape index (κ3) is 5.49. The summed E-state index contributed by atoms with van der Waals surface area (Å²) in [5, 5.41) is 3.54. The second kappa shape index (κ2) is 10.1. The second-order valence-corrected chi connectivity index (χ2v) is 7.15. The number of nitrogens with zero attached hydrogens (tertiary/aromatic N) is 2. The minimum Gasteiger partial charge on any atom is -0.484 e. The summed E-state index contributed by atoms with van der Waals surface area (Å²) in [6.07, 6.45) is 3.95. The Labute approximate surface area is 170 Å². The third-order valence-electron chi connectivity index (χ3n) is 4.55. The molecule has 6 heteroatoms. The predicted molar refractivity (Wildman–Crippen MR) is 113 cm³/mol. The number of amides is 1. The lowest BCUT2D eigenvalue weighted by Crippen LogP contribution is -2.30. The van der Waals surface area contributed by atoms with Crippen molar-refractivity contribution in [1.82, 2.24) is 14.9 Å². The van der Waals surface area contributed by atoms with Gasteiger partial charge in [0.2, 0.25) is 0 Å². The van der Waals surface area contributed by atoms with Gasteiger partial charge in [-0.1, -0.05) is 37.1 Å². The summed E-state index contributed by atoms with van der Waals surface area (Å²) in [6.45, 7) is 3.77. The maximum atomic E-state index is 12.0. The second-order valence-electron chi connectivity index (χ2n) is 6.72. The van der Waals surface area contributed by atoms with Crippen LogP contribution in [0.25, 0.3) is 11.0 Å². The van der Waals surface area contributed by atoms with Crippen molar-refractivity contribution >= 4 is 28.5 Å². The van der Waals surface area contributed by atoms with E-state index in [1.807, 2.05) is 6.07 Å². The number of aryl methyl sites for hydroxylation is 2. The van der Waals surface area contributed by atoms with E-state index >= 15 is 0 Å². The average Bonchev–Trinajstić information content (AvgIpc) is 3.06. The van der Waals surface area contributed by atoms with Crippen LogP contribution < -0.4 is 10.1 Å². The maximum Gasteiger partial charge on any atom is 0.257 e. The summed E-state index contributed by atoms with van der Waals surface area (Å²) in [5.41, 5.74) is 2.22. The Morgan fingerprint density at radius 2 is 1.93 bits per heavy atom. The average molecular weight is 400 g/mol. The fourth-order valence-corrected chi connectivity index (χ4v) is 3.21. The van der Waals surface area contributed by atoms with Gasteiger partial charge >= 0.3 is 0 Å². The number of benzene rings is 2. The van der Waals surface area contributed by atoms with Crippen LogP contribution in [-0.4, -0.2) is 28.6 Å². The van der Waals surface area contributed by atoms with Gasteiger partial charge < -0.3 is 14.6 Å². The topological polar surface area (TPSA) is 56.2 Å². The smallest absolute Gasteiger partial charge is 0.257 e. The normalized spacial score (nSPS) is 10.9. The number of nitrogens with one attached hydrogen (secondary N) is 1. The van der Waals surface area contributed by atoms with E-state index in [0.29, 0.717) is 17.3 Å². The van der Waals surface area contributed by atoms with Crippen molar-refractivity contribution in [3.8, 4) is 5.75 Å². The molecule has 0 fully saturated rings. The molecule has 1 N–H and O–H groups in total. The van der Waals surface area contributed by atoms with Crippen molar-refractivity contribution < 1.29 is 9.53 Å². The molecule has 0 saturated heterocycles. The molecule has 0 radical (unpaired) electrons. The van der Waals surface area contributed by atoms with E-state index in [-0.39, 0.29) is 12.5 Å². The molecule has 0 bridgehead atoms. The fraction of sp³-hybridized carbons (Fsp3) is 0.364. The van der Waals surface area contributed by atoms with Crippen molar-refractivity contribution in [2.75, 3.05) is 13.2 Å². The Morgan fingerprint density at radius 1 is 1.14 bits per heavy atom. The first kappa shape index (κ1) is 20.2. The zero-order chi connectivity index (χ0) is 19.8. The number of carbonyl (C=O) groups excluding carboxylic acids is 1. The predicted octanol–water partition coefficient (Wildman–Crippen LogP) is 4.62. The lowest BCUT2D eigenvalue weighted by Gasteiger charge is -2.10. The lowest BCUT2D eigenvalue weighted by molar-refractivity contribution is -0.123. The van der Waals surface area contributed by atoms with Crippen molar-refractivity contribution in [3.63, 3.8) is 0 Å². The van der Waals surface area contributed by atoms with Crippen LogP contribution in [-0.2, 0) is 17.8 Å². The van der Waals surface area contributed by atoms with Crippen molar-refractivity contribution in [3.05, 3.63) is 59.4 Å². The van der Waals surface area contributed by atoms with Crippen LogP contribution in [0.1, 0.15) is 32.0 Å². The molecule has 0 unspecified atom stereocenters. The Balaban J connectivity index is 1.46. The first-order valence-corrected chi connectivity index (χ1v) is 10.1. The van der Waals surface area contributed by atoms with Gasteiger partial charge in [-0.2, -0.15) is 0 Å². The zero-order valence-electron chi connectivity index (χ0n) is 16.2. The van der Waals surface area contributed by atoms with E-state index in [1.54, 1.807) is 24.3 Å². The maximum absolute atomic E-state index is 12.0. The van der Waals surface area contributed by atoms with Gasteiger partial charge in [-0.25, -0.2) is 4.98 Å². The van der Waals surface area contributed by atoms with Gasteiger partial charge in [-0.3, -0.25) is 4.79 Å². The van der Waals surface area contributed by atoms with Crippen LogP contribution in [0.4, 0.5) is 0 Å². The van der Waals surface area contributed by atoms with Gasteiger partial charge in [0, 0.05) is 24.5 Å². The Morgan fingerprint density at radius 3 is 2.71 bits per heavy atom. The summed E-state index contributed by atoms with van der Waals surface area (Å²) >= 11 is 5.83. The molecule has 0 spiro atoms. The molecule has 0 aliphatic rings. The van der Waals surface area contributed by atoms with E-state index in [9.17, 15) is 4.79 Å². The van der Waals surface area contributed by atoms with Gasteiger partial charge in [0.15, 0.2) is 6.61 Å². The standard InChI is InChI=1S/C22H26ClN3O2/c1-2-3-15-26-20-8-5-4-7-19(20)25-21(26)9-6-14-24-22(27)16-28-18-12-10-17(23)11-13-18/h4-5,7-8,10-13H,2-3,6,9,14-16H2,1H3,(H,24,27). The van der Waals surface area contributed by atoms with Gasteiger partial charge in [-0.15, -0.1) is 0 Å². The number of imidazole rings is 1. The fourth-order valence-electron chi connectivity index (χ4n) is 3.09. The number of hydrogen-bond donors (Lipinski definition) is 1. The molecule has 3 aromatic rings. The largest absolute Gasteiger partial charge is 0.484 e. The number of aromatic nitrogens is 2. The molecule has 5 nitrogen and oxygen atoms in total. The number of para-hydroxylation sites is 2. The molecule has 148 valence electrons. The molecular formula is C22H26ClN3O2. The molecular weight excluding hydrogens is 374 g/mol. The van der Waals surface area contributed by atoms with E-state index in [0.717, 1.165) is 43.6 Å². The molecule has 2 aromatic carbocycles. The van der Waals surface area contributed by atoms with Crippen LogP contribution in [0.15, 0.2) is 48.5 Å². The van der Waals surface area contributed by atoms with Gasteiger partial charge in [-0.05, 0) is 49.2 Å². The molecule has 28 heavy (non-hydrogen) atoms. The Kier molecular flexibility index (Phi) is 7.31. The lowest BCUT2D eigenvalue weighted by atomic mass is 10.2. The zero-order valence-corrected chi connectivity index (χ0v) is 16.9. The van der Waals surface area contributed by atoms with Gasteiger partial charge in [0.05, 0.1) is 11.0 Å². The highest BCUT2D eigenvalue weighted by atomic mass is 35.5. The van der Waals surface area contributed by atoms with Crippen LogP contribution in [0.3, 0.4) is 0 Å². The van der Waals surface area contributed by atoms with Crippen LogP contribution >= 0.6 is 11.6 Å². The van der Waals surface area contributed by atoms with E-state index < -0.39 is 0 Å². The summed E-state index contributed by atoms with van der Waals surface area (Å²) in [4.78, 5) is 16.7. The Hall–Kier alpha value is -2.53. The molecule has 3 rings (SSSR count). The molecule has 0 aliphatic heterocycles. The van der Waals surface area contributed by atoms with Gasteiger partial charge in [0.1, 0.15) is 11.6 Å². The van der Waals surface area contributed by atoms with E-state index in [1.165, 1.54) is 5.52 Å². The van der Waals surface area contributed by atoms with Crippen LogP contribution in [0.2, 0.25) is 5.02 Å². The van der Waals surface area contributed by atoms with E-state index in [2.05, 4.69) is 35.0 Å². The first-order valence-electron chi connectivity index (χ1n) is 9.76. The number of hydrogen-bond acceptors (Lipinski definition) is 3. The molecule has 0 aliphatic carbocycles. The number of unbranched alkanes of at least 4 members (excludes halogenated alkanes) is 1. The molecule has 0 atom stereocenters. The number of halogens is 1. The number of carbonyl (C=O) groups is 1. The summed E-state index contributed by atoms with van der Waals surface area (Å²) < 4.78 is 7.76. The highest BCUT2D eigenvalue weighted by Gasteiger charge is 2.10. The third-order valence-corrected chi connectivity index (χ3v) is 4.80. The van der Waals surface area contributed by atoms with Crippen LogP contribution in [0.5, 0.6) is 5.75 Å². The minimum absolute atomic E-state index is 0.00333. The van der Waals surface area contributed by atoms with Gasteiger partial charge in [0.25, 0.3) is 5.91 Å². The van der Waals surface area contributed by atoms with E-state index in [4.69, 9.17) is 21.3 Å². The summed E-state index contributed by atoms with van der Waals surface area (Å²) in [7, 11) is 0. The minimum atomic E-state index is -0.130. The first-order chi connectivity index (χ1) is 13.7. The monoisotopic (exact) mass is 399 g/mol. The van der Waals surface area contributed by atoms with Crippen molar-refractivity contribution in [1.29, 1.82) is 0 Å². The number of ether oxygens (including phenoxy) is 1. The highest BCUT2D eigenvalue weighted by molar-refractivity contribution is 6.30. The SMILES string of the molecule is CCCCn1c(CCCNC(=O)COc2ccc(Cl)cc2)nc2ccccc21. The highest BCUT2D eigenvalue weighted by Crippen LogP contribution is 2.18. The quantitative estimate of drug-likeness (QED) is 0.506. The molecule has 0 saturated carbocycles. The number of rotatable bonds is 10. The summed E-state index contributed by atoms with van der Waals surface area (Å²) in [5.74, 6) is 1.58. The number of fused-ring (bicyclic) bond motifs is 1. The molecule has 1 aromatic heterocycles. The summed E-state index contributed by atoms with van der Waals surface area (Å²) in [6, 6.07) is 15.2. The van der Waals surface area contributed by atoms with Crippen molar-refractivity contribution in [2.45, 2.75) is 39.2 Å². The van der Waals surface area contributed by atoms with Crippen LogP contribution in [0, 0.1) is 0 Å². The van der Waals surface area contributed by atoms with Crippen molar-refractivity contribution in [2.24, 2.45) is 0 Å².